The van der Waals surface area contributed by atoms with Crippen molar-refractivity contribution in [2.24, 2.45) is 11.3 Å². The van der Waals surface area contributed by atoms with Crippen molar-refractivity contribution in [3.05, 3.63) is 0 Å². The van der Waals surface area contributed by atoms with Crippen molar-refractivity contribution in [1.29, 1.82) is 0 Å². The lowest BCUT2D eigenvalue weighted by atomic mass is 9.59. The van der Waals surface area contributed by atoms with Crippen LogP contribution in [0.1, 0.15) is 46.5 Å². The Hall–Kier alpha value is -0.770. The fourth-order valence-electron chi connectivity index (χ4n) is 4.06. The lowest BCUT2D eigenvalue weighted by Crippen LogP contribution is -2.62. The molecule has 1 amide bonds. The molecule has 108 valence electrons. The third-order valence-electron chi connectivity index (χ3n) is 4.97. The summed E-state index contributed by atoms with van der Waals surface area (Å²) in [7, 11) is 0. The standard InChI is InChI=1S/C15H26N2O2/c1-14(2,3)19-13(18)17-9-11-5-8-16-12(11)15(10-17)6-4-7-15/h11-12,16H,4-10H2,1-3H3. The van der Waals surface area contributed by atoms with Gasteiger partial charge in [0.1, 0.15) is 5.60 Å². The second kappa shape index (κ2) is 4.37. The number of nitrogens with zero attached hydrogens (tertiary/aromatic N) is 1. The molecular formula is C15H26N2O2. The number of hydrogen-bond acceptors (Lipinski definition) is 3. The molecule has 0 aromatic rings. The van der Waals surface area contributed by atoms with Gasteiger partial charge in [0.25, 0.3) is 0 Å². The number of hydrogen-bond donors (Lipinski definition) is 1. The number of rotatable bonds is 0. The predicted octanol–water partition coefficient (Wildman–Crippen LogP) is 2.39. The molecule has 4 heteroatoms. The maximum atomic E-state index is 12.3. The minimum Gasteiger partial charge on any atom is -0.444 e. The highest BCUT2D eigenvalue weighted by Gasteiger charge is 2.54. The van der Waals surface area contributed by atoms with Gasteiger partial charge in [-0.05, 0) is 52.5 Å². The summed E-state index contributed by atoms with van der Waals surface area (Å²) in [4.78, 5) is 14.3. The van der Waals surface area contributed by atoms with Crippen LogP contribution in [0.25, 0.3) is 0 Å². The molecule has 0 bridgehead atoms. The predicted molar refractivity (Wildman–Crippen MR) is 74.0 cm³/mol. The van der Waals surface area contributed by atoms with Crippen LogP contribution >= 0.6 is 0 Å². The van der Waals surface area contributed by atoms with Gasteiger partial charge in [-0.1, -0.05) is 6.42 Å². The summed E-state index contributed by atoms with van der Waals surface area (Å²) in [5.74, 6) is 0.626. The van der Waals surface area contributed by atoms with E-state index in [1.54, 1.807) is 0 Å². The Morgan fingerprint density at radius 3 is 2.68 bits per heavy atom. The summed E-state index contributed by atoms with van der Waals surface area (Å²) in [6, 6.07) is 0.639. The third kappa shape index (κ3) is 2.35. The molecule has 4 nitrogen and oxygen atoms in total. The molecule has 3 rings (SSSR count). The van der Waals surface area contributed by atoms with Gasteiger partial charge in [0.15, 0.2) is 0 Å². The zero-order valence-electron chi connectivity index (χ0n) is 12.4. The molecule has 1 spiro atoms. The van der Waals surface area contributed by atoms with Crippen LogP contribution < -0.4 is 5.32 Å². The molecule has 2 atom stereocenters. The van der Waals surface area contributed by atoms with Crippen LogP contribution in [-0.2, 0) is 4.74 Å². The highest BCUT2D eigenvalue weighted by molar-refractivity contribution is 5.68. The minimum absolute atomic E-state index is 0.121. The molecule has 1 N–H and O–H groups in total. The molecule has 3 aliphatic rings. The second-order valence-corrected chi connectivity index (χ2v) is 7.56. The van der Waals surface area contributed by atoms with Gasteiger partial charge in [-0.2, -0.15) is 0 Å². The fraction of sp³-hybridized carbons (Fsp3) is 0.933. The van der Waals surface area contributed by atoms with Crippen LogP contribution in [0.5, 0.6) is 0 Å². The molecule has 0 aromatic heterocycles. The number of carbonyl (C=O) groups is 1. The van der Waals surface area contributed by atoms with E-state index in [0.717, 1.165) is 19.6 Å². The normalized spacial score (nSPS) is 32.9. The Balaban J connectivity index is 1.72. The maximum absolute atomic E-state index is 12.3. The summed E-state index contributed by atoms with van der Waals surface area (Å²) in [6.45, 7) is 8.68. The van der Waals surface area contributed by atoms with E-state index in [9.17, 15) is 4.79 Å². The Kier molecular flexibility index (Phi) is 3.04. The molecule has 1 saturated carbocycles. The SMILES string of the molecule is CC(C)(C)OC(=O)N1CC2CCNC2C2(CCC2)C1. The quantitative estimate of drug-likeness (QED) is 0.732. The molecule has 0 radical (unpaired) electrons. The van der Waals surface area contributed by atoms with E-state index in [1.807, 2.05) is 25.7 Å². The van der Waals surface area contributed by atoms with Gasteiger partial charge in [0, 0.05) is 24.5 Å². The first-order valence-corrected chi connectivity index (χ1v) is 7.61. The van der Waals surface area contributed by atoms with E-state index in [4.69, 9.17) is 4.74 Å². The highest BCUT2D eigenvalue weighted by atomic mass is 16.6. The number of amides is 1. The Labute approximate surface area is 115 Å². The molecule has 2 aliphatic heterocycles. The molecule has 2 saturated heterocycles. The zero-order valence-corrected chi connectivity index (χ0v) is 12.4. The second-order valence-electron chi connectivity index (χ2n) is 7.56. The average molecular weight is 266 g/mol. The van der Waals surface area contributed by atoms with Gasteiger partial charge < -0.3 is 15.0 Å². The monoisotopic (exact) mass is 266 g/mol. The number of nitrogens with one attached hydrogen (secondary N) is 1. The topological polar surface area (TPSA) is 41.6 Å². The molecule has 2 heterocycles. The van der Waals surface area contributed by atoms with Crippen molar-refractivity contribution in [2.75, 3.05) is 19.6 Å². The highest BCUT2D eigenvalue weighted by Crippen LogP contribution is 2.51. The van der Waals surface area contributed by atoms with Gasteiger partial charge in [-0.3, -0.25) is 0 Å². The summed E-state index contributed by atoms with van der Waals surface area (Å²) in [6.07, 6.45) is 4.92. The van der Waals surface area contributed by atoms with Crippen molar-refractivity contribution in [2.45, 2.75) is 58.1 Å². The van der Waals surface area contributed by atoms with Gasteiger partial charge in [0.05, 0.1) is 0 Å². The zero-order chi connectivity index (χ0) is 13.7. The summed E-state index contributed by atoms with van der Waals surface area (Å²) >= 11 is 0. The first-order valence-electron chi connectivity index (χ1n) is 7.61. The number of likely N-dealkylation sites (tertiary alicyclic amines) is 1. The summed E-state index contributed by atoms with van der Waals surface area (Å²) in [5, 5.41) is 3.68. The number of carbonyl (C=O) groups excluding carboxylic acids is 1. The van der Waals surface area contributed by atoms with Crippen LogP contribution in [-0.4, -0.2) is 42.3 Å². The Morgan fingerprint density at radius 2 is 2.11 bits per heavy atom. The van der Waals surface area contributed by atoms with Crippen molar-refractivity contribution < 1.29 is 9.53 Å². The lowest BCUT2D eigenvalue weighted by Gasteiger charge is -2.54. The largest absolute Gasteiger partial charge is 0.444 e. The molecular weight excluding hydrogens is 240 g/mol. The minimum atomic E-state index is -0.394. The van der Waals surface area contributed by atoms with E-state index >= 15 is 0 Å². The van der Waals surface area contributed by atoms with Crippen molar-refractivity contribution in [3.63, 3.8) is 0 Å². The number of fused-ring (bicyclic) bond motifs is 2. The van der Waals surface area contributed by atoms with Crippen LogP contribution in [0.3, 0.4) is 0 Å². The van der Waals surface area contributed by atoms with Gasteiger partial charge >= 0.3 is 6.09 Å². The summed E-state index contributed by atoms with van der Waals surface area (Å²) < 4.78 is 5.55. The number of piperidine rings is 1. The molecule has 3 fully saturated rings. The lowest BCUT2D eigenvalue weighted by molar-refractivity contribution is -0.0438. The van der Waals surface area contributed by atoms with Crippen LogP contribution in [0.4, 0.5) is 4.79 Å². The van der Waals surface area contributed by atoms with E-state index in [-0.39, 0.29) is 6.09 Å². The van der Waals surface area contributed by atoms with Crippen LogP contribution in [0.15, 0.2) is 0 Å². The first kappa shape index (κ1) is 13.2. The van der Waals surface area contributed by atoms with Crippen LogP contribution in [0.2, 0.25) is 0 Å². The third-order valence-corrected chi connectivity index (χ3v) is 4.97. The Morgan fingerprint density at radius 1 is 1.37 bits per heavy atom. The van der Waals surface area contributed by atoms with Crippen molar-refractivity contribution in [1.82, 2.24) is 10.2 Å². The van der Waals surface area contributed by atoms with E-state index in [2.05, 4.69) is 5.32 Å². The average Bonchev–Trinajstić information content (AvgIpc) is 2.70. The first-order chi connectivity index (χ1) is 8.90. The van der Waals surface area contributed by atoms with Crippen LogP contribution in [0, 0.1) is 11.3 Å². The van der Waals surface area contributed by atoms with Crippen molar-refractivity contribution >= 4 is 6.09 Å². The van der Waals surface area contributed by atoms with Gasteiger partial charge in [-0.15, -0.1) is 0 Å². The van der Waals surface area contributed by atoms with Crippen molar-refractivity contribution in [3.8, 4) is 0 Å². The van der Waals surface area contributed by atoms with E-state index in [0.29, 0.717) is 17.4 Å². The number of ether oxygens (including phenoxy) is 1. The van der Waals surface area contributed by atoms with E-state index in [1.165, 1.54) is 25.7 Å². The molecule has 2 unspecified atom stereocenters. The Bertz CT molecular complexity index is 371. The van der Waals surface area contributed by atoms with E-state index < -0.39 is 5.60 Å². The van der Waals surface area contributed by atoms with Gasteiger partial charge in [-0.25, -0.2) is 4.79 Å². The maximum Gasteiger partial charge on any atom is 0.410 e. The van der Waals surface area contributed by atoms with Gasteiger partial charge in [0.2, 0.25) is 0 Å². The molecule has 1 aliphatic carbocycles. The molecule has 0 aromatic carbocycles. The fourth-order valence-corrected chi connectivity index (χ4v) is 4.06. The summed E-state index contributed by atoms with van der Waals surface area (Å²) in [5.41, 5.74) is -0.0506. The smallest absolute Gasteiger partial charge is 0.410 e. The molecule has 19 heavy (non-hydrogen) atoms.